The molecule has 1 atom stereocenters. The van der Waals surface area contributed by atoms with Gasteiger partial charge in [0.05, 0.1) is 6.33 Å². The van der Waals surface area contributed by atoms with Crippen LogP contribution in [0.2, 0.25) is 0 Å². The third-order valence-electron chi connectivity index (χ3n) is 3.33. The summed E-state index contributed by atoms with van der Waals surface area (Å²) in [7, 11) is 0. The number of hydrogen-bond donors (Lipinski definition) is 0. The molecule has 1 aliphatic carbocycles. The first-order chi connectivity index (χ1) is 6.38. The van der Waals surface area contributed by atoms with Gasteiger partial charge in [-0.15, -0.1) is 0 Å². The molecule has 1 heterocycles. The standard InChI is InChI=1S/C11H18N2/c1-10(13-8-7-12-9-13)11-5-3-2-4-6-11/h7-11H,2-6H2,1H3/t10-/m1/s1. The highest BCUT2D eigenvalue weighted by atomic mass is 15.0. The van der Waals surface area contributed by atoms with Gasteiger partial charge < -0.3 is 4.57 Å². The van der Waals surface area contributed by atoms with E-state index in [1.807, 2.05) is 12.5 Å². The first-order valence-electron chi connectivity index (χ1n) is 5.35. The van der Waals surface area contributed by atoms with Gasteiger partial charge in [0.25, 0.3) is 0 Å². The van der Waals surface area contributed by atoms with E-state index in [0.717, 1.165) is 5.92 Å². The van der Waals surface area contributed by atoms with Crippen molar-refractivity contribution in [2.24, 2.45) is 5.92 Å². The number of hydrogen-bond acceptors (Lipinski definition) is 1. The zero-order valence-corrected chi connectivity index (χ0v) is 8.32. The molecule has 0 radical (unpaired) electrons. The van der Waals surface area contributed by atoms with Crippen LogP contribution >= 0.6 is 0 Å². The maximum atomic E-state index is 4.10. The second-order valence-corrected chi connectivity index (χ2v) is 4.15. The van der Waals surface area contributed by atoms with Crippen molar-refractivity contribution in [2.45, 2.75) is 45.1 Å². The van der Waals surface area contributed by atoms with Crippen LogP contribution in [0.15, 0.2) is 18.7 Å². The lowest BCUT2D eigenvalue weighted by atomic mass is 9.84. The van der Waals surface area contributed by atoms with Crippen LogP contribution in [0.5, 0.6) is 0 Å². The van der Waals surface area contributed by atoms with E-state index in [2.05, 4.69) is 22.7 Å². The Labute approximate surface area is 80.0 Å². The predicted molar refractivity (Wildman–Crippen MR) is 53.5 cm³/mol. The summed E-state index contributed by atoms with van der Waals surface area (Å²) < 4.78 is 2.25. The average molecular weight is 178 g/mol. The van der Waals surface area contributed by atoms with Gasteiger partial charge in [0, 0.05) is 18.4 Å². The fourth-order valence-corrected chi connectivity index (χ4v) is 2.37. The Morgan fingerprint density at radius 1 is 1.31 bits per heavy atom. The predicted octanol–water partition coefficient (Wildman–Crippen LogP) is 3.02. The fraction of sp³-hybridized carbons (Fsp3) is 0.727. The molecule has 0 saturated heterocycles. The molecule has 2 nitrogen and oxygen atoms in total. The van der Waals surface area contributed by atoms with E-state index in [1.54, 1.807) is 0 Å². The van der Waals surface area contributed by atoms with E-state index in [-0.39, 0.29) is 0 Å². The summed E-state index contributed by atoms with van der Waals surface area (Å²) in [5.41, 5.74) is 0. The van der Waals surface area contributed by atoms with Crippen LogP contribution in [0.25, 0.3) is 0 Å². The number of nitrogens with zero attached hydrogens (tertiary/aromatic N) is 2. The second-order valence-electron chi connectivity index (χ2n) is 4.15. The molecule has 0 spiro atoms. The summed E-state index contributed by atoms with van der Waals surface area (Å²) in [4.78, 5) is 4.10. The van der Waals surface area contributed by atoms with Crippen LogP contribution < -0.4 is 0 Å². The molecule has 0 N–H and O–H groups in total. The summed E-state index contributed by atoms with van der Waals surface area (Å²) in [6.45, 7) is 2.32. The van der Waals surface area contributed by atoms with E-state index in [1.165, 1.54) is 32.1 Å². The Balaban J connectivity index is 1.99. The molecule has 0 unspecified atom stereocenters. The van der Waals surface area contributed by atoms with Crippen LogP contribution in [0.1, 0.15) is 45.1 Å². The molecule has 1 fully saturated rings. The zero-order chi connectivity index (χ0) is 9.10. The minimum absolute atomic E-state index is 0.641. The summed E-state index contributed by atoms with van der Waals surface area (Å²) in [5.74, 6) is 0.878. The summed E-state index contributed by atoms with van der Waals surface area (Å²) in [5, 5.41) is 0. The van der Waals surface area contributed by atoms with Crippen LogP contribution in [-0.2, 0) is 0 Å². The molecular formula is C11H18N2. The van der Waals surface area contributed by atoms with Gasteiger partial charge in [-0.25, -0.2) is 4.98 Å². The topological polar surface area (TPSA) is 17.8 Å². The minimum atomic E-state index is 0.641. The van der Waals surface area contributed by atoms with Crippen molar-refractivity contribution < 1.29 is 0 Å². The fourth-order valence-electron chi connectivity index (χ4n) is 2.37. The van der Waals surface area contributed by atoms with E-state index in [0.29, 0.717) is 6.04 Å². The first kappa shape index (κ1) is 8.79. The molecule has 1 saturated carbocycles. The summed E-state index contributed by atoms with van der Waals surface area (Å²) in [6, 6.07) is 0.641. The van der Waals surface area contributed by atoms with Gasteiger partial charge in [-0.2, -0.15) is 0 Å². The van der Waals surface area contributed by atoms with Crippen molar-refractivity contribution in [3.05, 3.63) is 18.7 Å². The largest absolute Gasteiger partial charge is 0.334 e. The first-order valence-corrected chi connectivity index (χ1v) is 5.35. The Bertz CT molecular complexity index is 235. The van der Waals surface area contributed by atoms with Crippen LogP contribution in [0, 0.1) is 5.92 Å². The van der Waals surface area contributed by atoms with Gasteiger partial charge in [-0.1, -0.05) is 19.3 Å². The quantitative estimate of drug-likeness (QED) is 0.680. The van der Waals surface area contributed by atoms with Gasteiger partial charge in [-0.05, 0) is 25.7 Å². The summed E-state index contributed by atoms with van der Waals surface area (Å²) in [6.07, 6.45) is 13.0. The molecule has 2 heteroatoms. The van der Waals surface area contributed by atoms with E-state index in [4.69, 9.17) is 0 Å². The number of imidazole rings is 1. The molecule has 72 valence electrons. The van der Waals surface area contributed by atoms with Crippen LogP contribution in [-0.4, -0.2) is 9.55 Å². The molecular weight excluding hydrogens is 160 g/mol. The highest BCUT2D eigenvalue weighted by Crippen LogP contribution is 2.32. The highest BCUT2D eigenvalue weighted by molar-refractivity contribution is 4.83. The summed E-state index contributed by atoms with van der Waals surface area (Å²) >= 11 is 0. The van der Waals surface area contributed by atoms with Crippen molar-refractivity contribution >= 4 is 0 Å². The van der Waals surface area contributed by atoms with Gasteiger partial charge >= 0.3 is 0 Å². The van der Waals surface area contributed by atoms with Crippen molar-refractivity contribution in [1.82, 2.24) is 9.55 Å². The van der Waals surface area contributed by atoms with Crippen molar-refractivity contribution in [1.29, 1.82) is 0 Å². The van der Waals surface area contributed by atoms with Crippen LogP contribution in [0.3, 0.4) is 0 Å². The van der Waals surface area contributed by atoms with Crippen LogP contribution in [0.4, 0.5) is 0 Å². The SMILES string of the molecule is C[C@H](C1CCCCC1)n1ccnc1. The van der Waals surface area contributed by atoms with E-state index in [9.17, 15) is 0 Å². The Morgan fingerprint density at radius 3 is 2.69 bits per heavy atom. The van der Waals surface area contributed by atoms with Crippen molar-refractivity contribution in [3.8, 4) is 0 Å². The third kappa shape index (κ3) is 1.93. The molecule has 1 aliphatic rings. The second kappa shape index (κ2) is 3.95. The lowest BCUT2D eigenvalue weighted by Gasteiger charge is -2.28. The minimum Gasteiger partial charge on any atom is -0.334 e. The average Bonchev–Trinajstić information content (AvgIpc) is 2.71. The molecule has 0 aliphatic heterocycles. The van der Waals surface area contributed by atoms with Crippen molar-refractivity contribution in [2.75, 3.05) is 0 Å². The Kier molecular flexibility index (Phi) is 2.67. The molecule has 0 amide bonds. The number of rotatable bonds is 2. The Morgan fingerprint density at radius 2 is 2.08 bits per heavy atom. The maximum absolute atomic E-state index is 4.10. The lowest BCUT2D eigenvalue weighted by molar-refractivity contribution is 0.264. The Hall–Kier alpha value is -0.790. The zero-order valence-electron chi connectivity index (χ0n) is 8.32. The molecule has 1 aromatic heterocycles. The molecule has 13 heavy (non-hydrogen) atoms. The number of aromatic nitrogens is 2. The van der Waals surface area contributed by atoms with E-state index >= 15 is 0 Å². The lowest BCUT2D eigenvalue weighted by Crippen LogP contribution is -2.18. The molecule has 1 aromatic rings. The van der Waals surface area contributed by atoms with Gasteiger partial charge in [0.1, 0.15) is 0 Å². The van der Waals surface area contributed by atoms with Gasteiger partial charge in [0.2, 0.25) is 0 Å². The maximum Gasteiger partial charge on any atom is 0.0948 e. The molecule has 0 aromatic carbocycles. The van der Waals surface area contributed by atoms with Gasteiger partial charge in [-0.3, -0.25) is 0 Å². The normalized spacial score (nSPS) is 21.6. The molecule has 0 bridgehead atoms. The highest BCUT2D eigenvalue weighted by Gasteiger charge is 2.20. The van der Waals surface area contributed by atoms with Gasteiger partial charge in [0.15, 0.2) is 0 Å². The van der Waals surface area contributed by atoms with E-state index < -0.39 is 0 Å². The third-order valence-corrected chi connectivity index (χ3v) is 3.33. The smallest absolute Gasteiger partial charge is 0.0948 e. The van der Waals surface area contributed by atoms with Crippen molar-refractivity contribution in [3.63, 3.8) is 0 Å². The monoisotopic (exact) mass is 178 g/mol. The molecule has 2 rings (SSSR count).